The van der Waals surface area contributed by atoms with Gasteiger partial charge >= 0.3 is 6.03 Å². The molecular formula is C30H47N3O3S. The van der Waals surface area contributed by atoms with Crippen molar-refractivity contribution >= 4 is 27.5 Å². The fraction of sp³-hybridized carbons (Fsp3) is 0.700. The standard InChI is InChI=1S/C30H47N3O3S/c1-31-21-26(19-23-11-4-3-5-12-23)32-29(34)33-17-10-14-25(22-33)30(35,16-8-9-18-36-2)28-20-24-13-6-7-15-27(24)37-28/h6-7,13,15,20,23,25-26,31,35H,3-5,8-12,14,16-19,21-22H2,1-2H3,(H,32,34). The maximum Gasteiger partial charge on any atom is 0.317 e. The van der Waals surface area contributed by atoms with E-state index in [-0.39, 0.29) is 18.0 Å². The molecule has 1 aromatic carbocycles. The van der Waals surface area contributed by atoms with Crippen LogP contribution in [0.2, 0.25) is 0 Å². The summed E-state index contributed by atoms with van der Waals surface area (Å²) in [5.74, 6) is 0.732. The molecule has 1 saturated carbocycles. The van der Waals surface area contributed by atoms with Gasteiger partial charge in [0.1, 0.15) is 5.60 Å². The second kappa shape index (κ2) is 13.9. The predicted octanol–water partition coefficient (Wildman–Crippen LogP) is 5.89. The molecule has 3 atom stereocenters. The molecule has 2 amide bonds. The second-order valence-corrected chi connectivity index (χ2v) is 12.3. The molecule has 3 unspecified atom stereocenters. The number of nitrogens with one attached hydrogen (secondary N) is 2. The zero-order valence-corrected chi connectivity index (χ0v) is 23.7. The van der Waals surface area contributed by atoms with Crippen molar-refractivity contribution < 1.29 is 14.6 Å². The van der Waals surface area contributed by atoms with Gasteiger partial charge in [0.05, 0.1) is 0 Å². The van der Waals surface area contributed by atoms with Gasteiger partial charge in [-0.1, -0.05) is 50.3 Å². The number of aliphatic hydroxyl groups is 1. The topological polar surface area (TPSA) is 73.8 Å². The van der Waals surface area contributed by atoms with Gasteiger partial charge in [-0.15, -0.1) is 11.3 Å². The van der Waals surface area contributed by atoms with E-state index in [4.69, 9.17) is 4.74 Å². The Balaban J connectivity index is 1.46. The molecule has 7 heteroatoms. The monoisotopic (exact) mass is 529 g/mol. The summed E-state index contributed by atoms with van der Waals surface area (Å²) < 4.78 is 6.47. The number of hydrogen-bond donors (Lipinski definition) is 3. The first kappa shape index (κ1) is 28.3. The molecule has 206 valence electrons. The number of fused-ring (bicyclic) bond motifs is 1. The van der Waals surface area contributed by atoms with E-state index < -0.39 is 5.60 Å². The maximum atomic E-state index is 13.5. The van der Waals surface area contributed by atoms with Gasteiger partial charge in [-0.05, 0) is 69.0 Å². The van der Waals surface area contributed by atoms with Crippen LogP contribution in [0.25, 0.3) is 10.1 Å². The highest BCUT2D eigenvalue weighted by atomic mass is 32.1. The zero-order chi connectivity index (χ0) is 26.1. The molecule has 37 heavy (non-hydrogen) atoms. The molecule has 3 N–H and O–H groups in total. The molecule has 0 bridgehead atoms. The quantitative estimate of drug-likeness (QED) is 0.300. The lowest BCUT2D eigenvalue weighted by molar-refractivity contribution is -0.0534. The third-order valence-corrected chi connectivity index (χ3v) is 9.80. The van der Waals surface area contributed by atoms with Crippen LogP contribution in [0.15, 0.2) is 30.3 Å². The number of nitrogens with zero attached hydrogens (tertiary/aromatic N) is 1. The summed E-state index contributed by atoms with van der Waals surface area (Å²) in [5.41, 5.74) is -0.942. The molecule has 1 saturated heterocycles. The summed E-state index contributed by atoms with van der Waals surface area (Å²) in [6.07, 6.45) is 12.0. The average molecular weight is 530 g/mol. The molecule has 1 aromatic heterocycles. The number of likely N-dealkylation sites (tertiary alicyclic amines) is 1. The highest BCUT2D eigenvalue weighted by molar-refractivity contribution is 7.19. The van der Waals surface area contributed by atoms with Crippen molar-refractivity contribution in [3.63, 3.8) is 0 Å². The number of ether oxygens (including phenoxy) is 1. The molecular weight excluding hydrogens is 482 g/mol. The van der Waals surface area contributed by atoms with Gasteiger partial charge in [0.25, 0.3) is 0 Å². The Bertz CT molecular complexity index is 943. The summed E-state index contributed by atoms with van der Waals surface area (Å²) in [7, 11) is 3.69. The Hall–Kier alpha value is -1.67. The fourth-order valence-corrected chi connectivity index (χ4v) is 7.71. The minimum absolute atomic E-state index is 0.0173. The first-order valence-corrected chi connectivity index (χ1v) is 15.3. The smallest absolute Gasteiger partial charge is 0.317 e. The molecule has 1 aliphatic heterocycles. The number of amides is 2. The number of thiophene rings is 1. The van der Waals surface area contributed by atoms with Crippen LogP contribution in [0.5, 0.6) is 0 Å². The van der Waals surface area contributed by atoms with Crippen LogP contribution in [0.4, 0.5) is 4.79 Å². The van der Waals surface area contributed by atoms with Crippen LogP contribution in [0.3, 0.4) is 0 Å². The summed E-state index contributed by atoms with van der Waals surface area (Å²) in [5, 5.41) is 20.1. The number of rotatable bonds is 12. The van der Waals surface area contributed by atoms with E-state index in [1.165, 1.54) is 42.2 Å². The van der Waals surface area contributed by atoms with E-state index in [0.717, 1.165) is 50.1 Å². The summed E-state index contributed by atoms with van der Waals surface area (Å²) in [6, 6.07) is 10.7. The molecule has 2 aliphatic rings. The van der Waals surface area contributed by atoms with Crippen LogP contribution < -0.4 is 10.6 Å². The highest BCUT2D eigenvalue weighted by Gasteiger charge is 2.42. The molecule has 0 radical (unpaired) electrons. The first-order chi connectivity index (χ1) is 18.0. The number of benzene rings is 1. The third kappa shape index (κ3) is 7.47. The van der Waals surface area contributed by atoms with Crippen molar-refractivity contribution in [1.82, 2.24) is 15.5 Å². The van der Waals surface area contributed by atoms with Gasteiger partial charge in [-0.3, -0.25) is 0 Å². The Labute approximate surface area is 227 Å². The molecule has 4 rings (SSSR count). The zero-order valence-electron chi connectivity index (χ0n) is 22.8. The van der Waals surface area contributed by atoms with Crippen molar-refractivity contribution in [2.45, 2.75) is 82.3 Å². The number of urea groups is 1. The molecule has 2 fully saturated rings. The lowest BCUT2D eigenvalue weighted by Gasteiger charge is -2.42. The minimum atomic E-state index is -0.942. The van der Waals surface area contributed by atoms with Crippen LogP contribution in [-0.2, 0) is 10.3 Å². The number of carbonyl (C=O) groups is 1. The van der Waals surface area contributed by atoms with Crippen LogP contribution in [0, 0.1) is 11.8 Å². The normalized spacial score (nSPS) is 21.6. The van der Waals surface area contributed by atoms with Crippen molar-refractivity contribution in [1.29, 1.82) is 0 Å². The van der Waals surface area contributed by atoms with E-state index in [2.05, 4.69) is 41.0 Å². The summed E-state index contributed by atoms with van der Waals surface area (Å²) >= 11 is 1.70. The van der Waals surface area contributed by atoms with Crippen LogP contribution in [-0.4, -0.2) is 62.5 Å². The maximum absolute atomic E-state index is 13.5. The molecule has 2 aromatic rings. The van der Waals surface area contributed by atoms with Gasteiger partial charge in [-0.25, -0.2) is 4.79 Å². The van der Waals surface area contributed by atoms with Crippen molar-refractivity contribution in [3.05, 3.63) is 35.2 Å². The van der Waals surface area contributed by atoms with Crippen molar-refractivity contribution in [2.75, 3.05) is 40.4 Å². The van der Waals surface area contributed by atoms with E-state index in [9.17, 15) is 9.90 Å². The fourth-order valence-electron chi connectivity index (χ4n) is 6.45. The minimum Gasteiger partial charge on any atom is -0.385 e. The lowest BCUT2D eigenvalue weighted by Crippen LogP contribution is -2.53. The number of unbranched alkanes of at least 4 members (excludes halogenated alkanes) is 1. The van der Waals surface area contributed by atoms with Gasteiger partial charge in [0.2, 0.25) is 0 Å². The molecule has 1 aliphatic carbocycles. The highest BCUT2D eigenvalue weighted by Crippen LogP contribution is 2.44. The third-order valence-electron chi connectivity index (χ3n) is 8.51. The largest absolute Gasteiger partial charge is 0.385 e. The van der Waals surface area contributed by atoms with E-state index in [1.807, 2.05) is 11.9 Å². The lowest BCUT2D eigenvalue weighted by atomic mass is 9.77. The number of hydrogen-bond acceptors (Lipinski definition) is 5. The predicted molar refractivity (Wildman–Crippen MR) is 153 cm³/mol. The Morgan fingerprint density at radius 2 is 2.00 bits per heavy atom. The Kier molecular flexibility index (Phi) is 10.7. The number of methoxy groups -OCH3 is 1. The van der Waals surface area contributed by atoms with E-state index >= 15 is 0 Å². The molecule has 2 heterocycles. The number of piperidine rings is 1. The Morgan fingerprint density at radius 3 is 2.76 bits per heavy atom. The average Bonchev–Trinajstić information content (AvgIpc) is 3.37. The van der Waals surface area contributed by atoms with Gasteiger partial charge in [-0.2, -0.15) is 0 Å². The van der Waals surface area contributed by atoms with Crippen molar-refractivity contribution in [2.24, 2.45) is 11.8 Å². The Morgan fingerprint density at radius 1 is 1.19 bits per heavy atom. The van der Waals surface area contributed by atoms with Crippen LogP contribution in [0.1, 0.15) is 75.5 Å². The first-order valence-electron chi connectivity index (χ1n) is 14.4. The number of carbonyl (C=O) groups excluding carboxylic acids is 1. The second-order valence-electron chi connectivity index (χ2n) is 11.3. The number of likely N-dealkylation sites (N-methyl/N-ethyl adjacent to an activating group) is 1. The summed E-state index contributed by atoms with van der Waals surface area (Å²) in [6.45, 7) is 2.85. The van der Waals surface area contributed by atoms with E-state index in [0.29, 0.717) is 25.5 Å². The molecule has 6 nitrogen and oxygen atoms in total. The van der Waals surface area contributed by atoms with Gasteiger partial charge < -0.3 is 25.4 Å². The SMILES string of the molecule is CNCC(CC1CCCCC1)NC(=O)N1CCCC(C(O)(CCCCOC)c2cc3ccccc3s2)C1. The van der Waals surface area contributed by atoms with E-state index in [1.54, 1.807) is 18.4 Å². The molecule has 0 spiro atoms. The summed E-state index contributed by atoms with van der Waals surface area (Å²) in [4.78, 5) is 16.5. The van der Waals surface area contributed by atoms with Gasteiger partial charge in [0.15, 0.2) is 0 Å². The van der Waals surface area contributed by atoms with Crippen molar-refractivity contribution in [3.8, 4) is 0 Å². The van der Waals surface area contributed by atoms with Crippen LogP contribution >= 0.6 is 11.3 Å². The van der Waals surface area contributed by atoms with Gasteiger partial charge in [0, 0.05) is 54.9 Å².